The number of aromatic nitrogens is 2. The molecule has 6 nitrogen and oxygen atoms in total. The minimum atomic E-state index is -0.00730. The van der Waals surface area contributed by atoms with Crippen LogP contribution in [0.15, 0.2) is 48.7 Å². The summed E-state index contributed by atoms with van der Waals surface area (Å²) < 4.78 is 5.47. The average molecular weight is 439 g/mol. The lowest BCUT2D eigenvalue weighted by Gasteiger charge is -2.29. The highest BCUT2D eigenvalue weighted by molar-refractivity contribution is 6.15. The van der Waals surface area contributed by atoms with Gasteiger partial charge in [-0.15, -0.1) is 0 Å². The Morgan fingerprint density at radius 1 is 1.03 bits per heavy atom. The molecule has 1 fully saturated rings. The number of carbonyl (C=O) groups excluding carboxylic acids is 1. The summed E-state index contributed by atoms with van der Waals surface area (Å²) >= 11 is 0. The van der Waals surface area contributed by atoms with Gasteiger partial charge in [-0.05, 0) is 48.1 Å². The highest BCUT2D eigenvalue weighted by Crippen LogP contribution is 2.31. The van der Waals surface area contributed by atoms with E-state index in [1.165, 1.54) is 5.69 Å². The summed E-state index contributed by atoms with van der Waals surface area (Å²) in [6, 6.07) is 14.8. The molecule has 6 rings (SSSR count). The van der Waals surface area contributed by atoms with E-state index in [9.17, 15) is 4.79 Å². The Bertz CT molecular complexity index is 1380. The lowest BCUT2D eigenvalue weighted by Crippen LogP contribution is -2.36. The van der Waals surface area contributed by atoms with Gasteiger partial charge in [-0.1, -0.05) is 30.3 Å². The fourth-order valence-corrected chi connectivity index (χ4v) is 4.84. The second kappa shape index (κ2) is 8.37. The molecule has 166 valence electrons. The summed E-state index contributed by atoms with van der Waals surface area (Å²) in [6.07, 6.45) is 7.99. The second-order valence-electron chi connectivity index (χ2n) is 8.67. The fraction of sp³-hybridized carbons (Fsp3) is 0.259. The highest BCUT2D eigenvalue weighted by atomic mass is 16.5. The molecule has 2 N–H and O–H groups in total. The number of nitrogens with zero attached hydrogens (tertiary/aromatic N) is 2. The molecule has 0 spiro atoms. The van der Waals surface area contributed by atoms with E-state index in [-0.39, 0.29) is 5.91 Å². The zero-order chi connectivity index (χ0) is 22.2. The maximum atomic E-state index is 12.6. The first-order valence-corrected chi connectivity index (χ1v) is 11.6. The van der Waals surface area contributed by atoms with Gasteiger partial charge < -0.3 is 19.9 Å². The van der Waals surface area contributed by atoms with Crippen molar-refractivity contribution in [1.29, 1.82) is 0 Å². The number of aryl methyl sites for hydroxylation is 1. The number of pyridine rings is 1. The first-order valence-electron chi connectivity index (χ1n) is 11.6. The second-order valence-corrected chi connectivity index (χ2v) is 8.67. The van der Waals surface area contributed by atoms with Gasteiger partial charge >= 0.3 is 0 Å². The van der Waals surface area contributed by atoms with Crippen molar-refractivity contribution in [3.63, 3.8) is 0 Å². The Labute approximate surface area is 192 Å². The molecule has 2 aliphatic heterocycles. The molecule has 0 aliphatic carbocycles. The number of morpholine rings is 1. The average Bonchev–Trinajstić information content (AvgIpc) is 3.15. The number of carbonyl (C=O) groups is 1. The van der Waals surface area contributed by atoms with Crippen LogP contribution in [0.3, 0.4) is 0 Å². The van der Waals surface area contributed by atoms with Gasteiger partial charge in [0.05, 0.1) is 30.0 Å². The summed E-state index contributed by atoms with van der Waals surface area (Å²) in [5.74, 6) is -0.00730. The molecular weight excluding hydrogens is 412 g/mol. The number of hydrogen-bond donors (Lipinski definition) is 2. The van der Waals surface area contributed by atoms with Crippen molar-refractivity contribution in [1.82, 2.24) is 15.3 Å². The monoisotopic (exact) mass is 438 g/mol. The number of ether oxygens (including phenoxy) is 1. The van der Waals surface area contributed by atoms with Gasteiger partial charge in [0.25, 0.3) is 5.91 Å². The molecule has 1 amide bonds. The van der Waals surface area contributed by atoms with Crippen molar-refractivity contribution >= 4 is 45.4 Å². The normalized spacial score (nSPS) is 16.8. The number of rotatable bonds is 3. The van der Waals surface area contributed by atoms with Crippen LogP contribution in [-0.4, -0.2) is 48.7 Å². The fourth-order valence-electron chi connectivity index (χ4n) is 4.84. The first-order chi connectivity index (χ1) is 16.3. The van der Waals surface area contributed by atoms with Gasteiger partial charge in [0.15, 0.2) is 0 Å². The number of benzene rings is 2. The largest absolute Gasteiger partial charge is 0.378 e. The van der Waals surface area contributed by atoms with Crippen molar-refractivity contribution < 1.29 is 9.53 Å². The zero-order valence-corrected chi connectivity index (χ0v) is 18.4. The maximum absolute atomic E-state index is 12.6. The molecule has 2 aromatic heterocycles. The van der Waals surface area contributed by atoms with Crippen molar-refractivity contribution in [2.24, 2.45) is 0 Å². The van der Waals surface area contributed by atoms with Crippen LogP contribution >= 0.6 is 0 Å². The Kier molecular flexibility index (Phi) is 5.07. The van der Waals surface area contributed by atoms with Crippen LogP contribution in [0.1, 0.15) is 33.7 Å². The number of nitrogens with one attached hydrogen (secondary N) is 2. The first kappa shape index (κ1) is 20.0. The smallest absolute Gasteiger partial charge is 0.253 e. The predicted octanol–water partition coefficient (Wildman–Crippen LogP) is 4.40. The SMILES string of the molecule is O=C1NCCCc2nc3c(ccc4c[nH]c(C=Cc5cccc(N6CCOCC6)c5)cc43)c21. The van der Waals surface area contributed by atoms with Crippen LogP contribution in [0.4, 0.5) is 5.69 Å². The van der Waals surface area contributed by atoms with E-state index in [1.807, 2.05) is 12.3 Å². The van der Waals surface area contributed by atoms with Crippen LogP contribution in [0.25, 0.3) is 33.8 Å². The van der Waals surface area contributed by atoms with Crippen molar-refractivity contribution in [3.05, 3.63) is 71.2 Å². The number of anilines is 1. The van der Waals surface area contributed by atoms with Gasteiger partial charge in [0.1, 0.15) is 0 Å². The lowest BCUT2D eigenvalue weighted by atomic mass is 10.0. The molecule has 0 atom stereocenters. The van der Waals surface area contributed by atoms with Crippen molar-refractivity contribution in [2.45, 2.75) is 12.8 Å². The molecule has 0 bridgehead atoms. The molecule has 2 aromatic carbocycles. The van der Waals surface area contributed by atoms with Gasteiger partial charge in [-0.3, -0.25) is 9.78 Å². The van der Waals surface area contributed by atoms with Gasteiger partial charge in [-0.2, -0.15) is 0 Å². The zero-order valence-electron chi connectivity index (χ0n) is 18.4. The summed E-state index contributed by atoms with van der Waals surface area (Å²) in [6.45, 7) is 4.12. The molecule has 33 heavy (non-hydrogen) atoms. The topological polar surface area (TPSA) is 70.2 Å². The van der Waals surface area contributed by atoms with E-state index < -0.39 is 0 Å². The van der Waals surface area contributed by atoms with Crippen molar-refractivity contribution in [3.8, 4) is 0 Å². The van der Waals surface area contributed by atoms with Crippen LogP contribution in [0.2, 0.25) is 0 Å². The number of H-pyrrole nitrogens is 1. The maximum Gasteiger partial charge on any atom is 0.253 e. The van der Waals surface area contributed by atoms with Gasteiger partial charge in [-0.25, -0.2) is 0 Å². The molecule has 2 aliphatic rings. The quantitative estimate of drug-likeness (QED) is 0.497. The van der Waals surface area contributed by atoms with E-state index in [4.69, 9.17) is 9.72 Å². The number of aromatic amines is 1. The third-order valence-corrected chi connectivity index (χ3v) is 6.55. The third-order valence-electron chi connectivity index (χ3n) is 6.55. The molecule has 6 heteroatoms. The van der Waals surface area contributed by atoms with E-state index >= 15 is 0 Å². The molecule has 0 unspecified atom stereocenters. The lowest BCUT2D eigenvalue weighted by molar-refractivity contribution is 0.0957. The Hall–Kier alpha value is -3.64. The Morgan fingerprint density at radius 2 is 1.94 bits per heavy atom. The molecule has 4 aromatic rings. The van der Waals surface area contributed by atoms with E-state index in [2.05, 4.69) is 63.8 Å². The van der Waals surface area contributed by atoms with Crippen LogP contribution < -0.4 is 10.2 Å². The Morgan fingerprint density at radius 3 is 2.85 bits per heavy atom. The summed E-state index contributed by atoms with van der Waals surface area (Å²) in [7, 11) is 0. The Balaban J connectivity index is 1.35. The minimum Gasteiger partial charge on any atom is -0.378 e. The van der Waals surface area contributed by atoms with Crippen molar-refractivity contribution in [2.75, 3.05) is 37.7 Å². The summed E-state index contributed by atoms with van der Waals surface area (Å²) in [4.78, 5) is 23.3. The van der Waals surface area contributed by atoms with E-state index in [1.54, 1.807) is 0 Å². The number of fused-ring (bicyclic) bond motifs is 5. The van der Waals surface area contributed by atoms with Gasteiger partial charge in [0.2, 0.25) is 0 Å². The minimum absolute atomic E-state index is 0.00730. The van der Waals surface area contributed by atoms with Crippen LogP contribution in [-0.2, 0) is 11.2 Å². The third kappa shape index (κ3) is 3.76. The summed E-state index contributed by atoms with van der Waals surface area (Å²) in [5, 5.41) is 6.09. The van der Waals surface area contributed by atoms with E-state index in [0.717, 1.165) is 83.3 Å². The molecule has 4 heterocycles. The predicted molar refractivity (Wildman–Crippen MR) is 133 cm³/mol. The molecule has 1 saturated heterocycles. The van der Waals surface area contributed by atoms with Crippen LogP contribution in [0, 0.1) is 0 Å². The summed E-state index contributed by atoms with van der Waals surface area (Å²) in [5.41, 5.74) is 5.94. The molecule has 0 radical (unpaired) electrons. The highest BCUT2D eigenvalue weighted by Gasteiger charge is 2.22. The molecular formula is C27H26N4O2. The standard InChI is InChI=1S/C27H26N4O2/c32-27-25-22-9-7-19-17-29-20(16-23(19)26(22)30-24(25)5-2-10-28-27)8-6-18-3-1-4-21(15-18)31-11-13-33-14-12-31/h1,3-4,6-9,15-17,29H,2,5,10-14H2,(H,28,32). The number of amides is 1. The number of hydrogen-bond acceptors (Lipinski definition) is 4. The molecule has 0 saturated carbocycles. The van der Waals surface area contributed by atoms with Gasteiger partial charge in [0, 0.05) is 48.0 Å². The van der Waals surface area contributed by atoms with E-state index in [0.29, 0.717) is 6.54 Å². The van der Waals surface area contributed by atoms with Crippen LogP contribution in [0.5, 0.6) is 0 Å².